The van der Waals surface area contributed by atoms with Crippen LogP contribution in [0.4, 0.5) is 0 Å². The summed E-state index contributed by atoms with van der Waals surface area (Å²) in [4.78, 5) is 19.6. The highest BCUT2D eigenvalue weighted by molar-refractivity contribution is 5.93. The van der Waals surface area contributed by atoms with Crippen molar-refractivity contribution in [3.8, 4) is 5.69 Å². The number of nitrogens with two attached hydrogens (primary N) is 1. The second-order valence-electron chi connectivity index (χ2n) is 3.76. The summed E-state index contributed by atoms with van der Waals surface area (Å²) >= 11 is 0. The number of oxime groups is 1. The van der Waals surface area contributed by atoms with E-state index in [1.165, 1.54) is 17.2 Å². The molecule has 0 aromatic carbocycles. The Labute approximate surface area is 114 Å². The number of carbonyl (C=O) groups is 1. The van der Waals surface area contributed by atoms with E-state index in [0.29, 0.717) is 12.2 Å². The highest BCUT2D eigenvalue weighted by Gasteiger charge is 2.10. The highest BCUT2D eigenvalue weighted by atomic mass is 16.4. The number of hydrogen-bond donors (Lipinski definition) is 3. The number of aromatic nitrogens is 4. The van der Waals surface area contributed by atoms with Gasteiger partial charge in [0, 0.05) is 12.7 Å². The Morgan fingerprint density at radius 3 is 3.05 bits per heavy atom. The van der Waals surface area contributed by atoms with Crippen LogP contribution in [0.1, 0.15) is 23.2 Å². The smallest absolute Gasteiger partial charge is 0.269 e. The van der Waals surface area contributed by atoms with Crippen molar-refractivity contribution < 1.29 is 10.0 Å². The summed E-state index contributed by atoms with van der Waals surface area (Å²) in [5.41, 5.74) is 6.25. The third-order valence-electron chi connectivity index (χ3n) is 2.41. The number of amidine groups is 1. The van der Waals surface area contributed by atoms with Gasteiger partial charge in [0.25, 0.3) is 5.91 Å². The van der Waals surface area contributed by atoms with Crippen LogP contribution >= 0.6 is 0 Å². The van der Waals surface area contributed by atoms with Crippen LogP contribution in [-0.4, -0.2) is 43.2 Å². The van der Waals surface area contributed by atoms with Gasteiger partial charge in [-0.05, 0) is 19.1 Å². The maximum atomic E-state index is 11.7. The molecule has 0 aliphatic heterocycles. The van der Waals surface area contributed by atoms with Crippen LogP contribution in [-0.2, 0) is 0 Å². The molecule has 9 nitrogen and oxygen atoms in total. The molecule has 2 rings (SSSR count). The molecule has 0 aliphatic carbocycles. The minimum absolute atomic E-state index is 0.0869. The second-order valence-corrected chi connectivity index (χ2v) is 3.76. The molecule has 0 spiro atoms. The van der Waals surface area contributed by atoms with Gasteiger partial charge >= 0.3 is 0 Å². The quantitative estimate of drug-likeness (QED) is 0.298. The van der Waals surface area contributed by atoms with Gasteiger partial charge in [-0.25, -0.2) is 9.67 Å². The molecule has 1 amide bonds. The summed E-state index contributed by atoms with van der Waals surface area (Å²) in [6.45, 7) is 2.34. The summed E-state index contributed by atoms with van der Waals surface area (Å²) in [5.74, 6) is -0.378. The van der Waals surface area contributed by atoms with Crippen molar-refractivity contribution >= 4 is 11.7 Å². The van der Waals surface area contributed by atoms with Crippen molar-refractivity contribution in [1.29, 1.82) is 0 Å². The zero-order chi connectivity index (χ0) is 14.5. The molecule has 2 aromatic heterocycles. The molecule has 0 bridgehead atoms. The number of rotatable bonds is 4. The molecule has 0 fully saturated rings. The molecule has 0 saturated carbocycles. The van der Waals surface area contributed by atoms with E-state index in [1.807, 2.05) is 6.92 Å². The third-order valence-corrected chi connectivity index (χ3v) is 2.41. The predicted molar refractivity (Wildman–Crippen MR) is 69.7 cm³/mol. The van der Waals surface area contributed by atoms with E-state index in [9.17, 15) is 4.79 Å². The van der Waals surface area contributed by atoms with Gasteiger partial charge in [0.05, 0.1) is 5.69 Å². The van der Waals surface area contributed by atoms with Crippen molar-refractivity contribution in [3.63, 3.8) is 0 Å². The Balaban J connectivity index is 2.31. The molecular weight excluding hydrogens is 262 g/mol. The lowest BCUT2D eigenvalue weighted by Crippen LogP contribution is -2.23. The number of pyridine rings is 1. The van der Waals surface area contributed by atoms with Gasteiger partial charge in [-0.15, -0.1) is 5.10 Å². The van der Waals surface area contributed by atoms with Crippen LogP contribution in [0, 0.1) is 0 Å². The topological polar surface area (TPSA) is 131 Å². The van der Waals surface area contributed by atoms with Crippen molar-refractivity contribution in [2.75, 3.05) is 6.54 Å². The van der Waals surface area contributed by atoms with E-state index >= 15 is 0 Å². The molecule has 0 atom stereocenters. The minimum atomic E-state index is -0.272. The van der Waals surface area contributed by atoms with Crippen LogP contribution in [0.3, 0.4) is 0 Å². The van der Waals surface area contributed by atoms with Crippen molar-refractivity contribution in [3.05, 3.63) is 36.2 Å². The molecule has 0 saturated heterocycles. The number of amides is 1. The van der Waals surface area contributed by atoms with Crippen LogP contribution in [0.2, 0.25) is 0 Å². The first-order valence-corrected chi connectivity index (χ1v) is 5.80. The van der Waals surface area contributed by atoms with Gasteiger partial charge in [-0.3, -0.25) is 9.78 Å². The van der Waals surface area contributed by atoms with Crippen molar-refractivity contribution in [2.45, 2.75) is 6.92 Å². The molecule has 20 heavy (non-hydrogen) atoms. The molecule has 0 radical (unpaired) electrons. The van der Waals surface area contributed by atoms with E-state index in [2.05, 4.69) is 25.5 Å². The fourth-order valence-corrected chi connectivity index (χ4v) is 1.49. The zero-order valence-corrected chi connectivity index (χ0v) is 10.7. The Morgan fingerprint density at radius 2 is 2.35 bits per heavy atom. The van der Waals surface area contributed by atoms with E-state index in [0.717, 1.165) is 0 Å². The lowest BCUT2D eigenvalue weighted by molar-refractivity contribution is 0.0951. The zero-order valence-electron chi connectivity index (χ0n) is 10.7. The standard InChI is InChI=1S/C11H13N7O2/c1-2-13-11(19)8-5-7(3-4-14-8)18-6-15-10(16-18)9(12)17-20/h3-6,20H,2H2,1H3,(H2,12,17)(H,13,19). The fraction of sp³-hybridized carbons (Fsp3) is 0.182. The van der Waals surface area contributed by atoms with Gasteiger partial charge in [-0.2, -0.15) is 0 Å². The van der Waals surface area contributed by atoms with Gasteiger partial charge in [0.1, 0.15) is 12.0 Å². The van der Waals surface area contributed by atoms with Crippen LogP contribution in [0.15, 0.2) is 29.8 Å². The molecule has 104 valence electrons. The summed E-state index contributed by atoms with van der Waals surface area (Å²) < 4.78 is 1.40. The molecule has 4 N–H and O–H groups in total. The average molecular weight is 275 g/mol. The monoisotopic (exact) mass is 275 g/mol. The summed E-state index contributed by atoms with van der Waals surface area (Å²) in [6, 6.07) is 3.23. The largest absolute Gasteiger partial charge is 0.409 e. The Kier molecular flexibility index (Phi) is 3.89. The maximum absolute atomic E-state index is 11.7. The Hall–Kier alpha value is -2.97. The van der Waals surface area contributed by atoms with Crippen LogP contribution in [0.25, 0.3) is 5.69 Å². The van der Waals surface area contributed by atoms with E-state index < -0.39 is 0 Å². The maximum Gasteiger partial charge on any atom is 0.269 e. The number of nitrogens with zero attached hydrogens (tertiary/aromatic N) is 5. The van der Waals surface area contributed by atoms with Gasteiger partial charge < -0.3 is 16.3 Å². The lowest BCUT2D eigenvalue weighted by Gasteiger charge is -2.04. The van der Waals surface area contributed by atoms with Gasteiger partial charge in [0.2, 0.25) is 11.7 Å². The van der Waals surface area contributed by atoms with Gasteiger partial charge in [-0.1, -0.05) is 5.16 Å². The lowest BCUT2D eigenvalue weighted by atomic mass is 10.3. The van der Waals surface area contributed by atoms with E-state index in [1.54, 1.807) is 12.1 Å². The van der Waals surface area contributed by atoms with Crippen LogP contribution in [0.5, 0.6) is 0 Å². The van der Waals surface area contributed by atoms with Crippen molar-refractivity contribution in [1.82, 2.24) is 25.1 Å². The molecule has 0 aliphatic rings. The first-order chi connectivity index (χ1) is 9.65. The minimum Gasteiger partial charge on any atom is -0.409 e. The molecule has 9 heteroatoms. The average Bonchev–Trinajstić information content (AvgIpc) is 2.96. The summed E-state index contributed by atoms with van der Waals surface area (Å²) in [7, 11) is 0. The van der Waals surface area contributed by atoms with E-state index in [-0.39, 0.29) is 23.3 Å². The number of carbonyl (C=O) groups excluding carboxylic acids is 1. The number of nitrogens with one attached hydrogen (secondary N) is 1. The van der Waals surface area contributed by atoms with E-state index in [4.69, 9.17) is 10.9 Å². The SMILES string of the molecule is CCNC(=O)c1cc(-n2cnc(C(N)=NO)n2)ccn1. The predicted octanol–water partition coefficient (Wildman–Crippen LogP) is -0.493. The normalized spacial score (nSPS) is 11.3. The van der Waals surface area contributed by atoms with Crippen LogP contribution < -0.4 is 11.1 Å². The summed E-state index contributed by atoms with van der Waals surface area (Å²) in [6.07, 6.45) is 2.88. The number of hydrogen-bond acceptors (Lipinski definition) is 6. The molecule has 0 unspecified atom stereocenters. The Bertz CT molecular complexity index is 650. The fourth-order valence-electron chi connectivity index (χ4n) is 1.49. The molecule has 2 heterocycles. The Morgan fingerprint density at radius 1 is 1.55 bits per heavy atom. The third kappa shape index (κ3) is 2.71. The summed E-state index contributed by atoms with van der Waals surface area (Å²) in [5, 5.41) is 18.1. The molecule has 2 aromatic rings. The first-order valence-electron chi connectivity index (χ1n) is 5.80. The van der Waals surface area contributed by atoms with Gasteiger partial charge in [0.15, 0.2) is 0 Å². The highest BCUT2D eigenvalue weighted by Crippen LogP contribution is 2.07. The first kappa shape index (κ1) is 13.5. The second kappa shape index (κ2) is 5.78. The molecular formula is C11H13N7O2. The van der Waals surface area contributed by atoms with Crippen molar-refractivity contribution in [2.24, 2.45) is 10.9 Å².